The third-order valence-corrected chi connectivity index (χ3v) is 5.19. The van der Waals surface area contributed by atoms with Gasteiger partial charge >= 0.3 is 0 Å². The molecule has 1 amide bonds. The van der Waals surface area contributed by atoms with Gasteiger partial charge in [0.05, 0.1) is 29.1 Å². The van der Waals surface area contributed by atoms with Gasteiger partial charge in [0.2, 0.25) is 5.88 Å². The van der Waals surface area contributed by atoms with Crippen molar-refractivity contribution in [1.29, 1.82) is 0 Å². The predicted molar refractivity (Wildman–Crippen MR) is 101 cm³/mol. The maximum Gasteiger partial charge on any atom is 0.253 e. The Bertz CT molecular complexity index is 782. The molecule has 140 valence electrons. The number of methoxy groups -OCH3 is 1. The van der Waals surface area contributed by atoms with Gasteiger partial charge in [-0.05, 0) is 51.5 Å². The lowest BCUT2D eigenvalue weighted by Gasteiger charge is -2.29. The molecule has 2 heterocycles. The number of rotatable bonds is 5. The number of hydrogen-bond donors (Lipinski definition) is 1. The van der Waals surface area contributed by atoms with Crippen molar-refractivity contribution in [3.05, 3.63) is 40.3 Å². The van der Waals surface area contributed by atoms with Crippen LogP contribution >= 0.6 is 11.6 Å². The SMILES string of the molecule is COc1cc(C)nn1C[C@H]1CC[C@H](NC(=O)c2cc(Cl)cnc2C)CC1. The largest absolute Gasteiger partial charge is 0.481 e. The highest BCUT2D eigenvalue weighted by molar-refractivity contribution is 6.30. The molecule has 0 radical (unpaired) electrons. The van der Waals surface area contributed by atoms with Crippen molar-refractivity contribution in [3.63, 3.8) is 0 Å². The zero-order valence-electron chi connectivity index (χ0n) is 15.5. The summed E-state index contributed by atoms with van der Waals surface area (Å²) in [7, 11) is 1.67. The second-order valence-electron chi connectivity index (χ2n) is 6.99. The van der Waals surface area contributed by atoms with Gasteiger partial charge in [0, 0.05) is 24.8 Å². The normalized spacial score (nSPS) is 20.0. The molecular formula is C19H25ClN4O2. The van der Waals surface area contributed by atoms with E-state index in [1.807, 2.05) is 24.6 Å². The third kappa shape index (κ3) is 4.36. The lowest BCUT2D eigenvalue weighted by Crippen LogP contribution is -2.38. The van der Waals surface area contributed by atoms with Crippen LogP contribution in [0.15, 0.2) is 18.3 Å². The molecule has 1 fully saturated rings. The molecule has 0 aromatic carbocycles. The molecule has 2 aromatic heterocycles. The molecule has 0 atom stereocenters. The number of nitrogens with zero attached hydrogens (tertiary/aromatic N) is 3. The van der Waals surface area contributed by atoms with Crippen LogP contribution in [-0.2, 0) is 6.54 Å². The van der Waals surface area contributed by atoms with E-state index in [9.17, 15) is 4.79 Å². The number of hydrogen-bond acceptors (Lipinski definition) is 4. The van der Waals surface area contributed by atoms with Crippen LogP contribution in [0.1, 0.15) is 47.4 Å². The van der Waals surface area contributed by atoms with Gasteiger partial charge in [-0.2, -0.15) is 5.10 Å². The van der Waals surface area contributed by atoms with Crippen molar-refractivity contribution in [1.82, 2.24) is 20.1 Å². The zero-order valence-corrected chi connectivity index (χ0v) is 16.2. The summed E-state index contributed by atoms with van der Waals surface area (Å²) in [4.78, 5) is 16.7. The summed E-state index contributed by atoms with van der Waals surface area (Å²) in [6.07, 6.45) is 5.60. The molecule has 0 spiro atoms. The standard InChI is InChI=1S/C19H25ClN4O2/c1-12-8-18(26-3)24(23-12)11-14-4-6-16(7-5-14)22-19(25)17-9-15(20)10-21-13(17)2/h8-10,14,16H,4-7,11H2,1-3H3,(H,22,25)/t14-,16-. The molecule has 1 N–H and O–H groups in total. The predicted octanol–water partition coefficient (Wildman–Crippen LogP) is 3.55. The van der Waals surface area contributed by atoms with E-state index in [0.717, 1.165) is 43.8 Å². The number of aryl methyl sites for hydroxylation is 2. The number of ether oxygens (including phenoxy) is 1. The van der Waals surface area contributed by atoms with E-state index in [0.29, 0.717) is 22.2 Å². The van der Waals surface area contributed by atoms with Crippen molar-refractivity contribution in [2.24, 2.45) is 5.92 Å². The van der Waals surface area contributed by atoms with Crippen molar-refractivity contribution in [3.8, 4) is 5.88 Å². The van der Waals surface area contributed by atoms with Gasteiger partial charge in [-0.15, -0.1) is 0 Å². The summed E-state index contributed by atoms with van der Waals surface area (Å²) in [5.41, 5.74) is 2.21. The molecule has 0 aliphatic heterocycles. The molecule has 26 heavy (non-hydrogen) atoms. The Morgan fingerprint density at radius 3 is 2.73 bits per heavy atom. The molecule has 1 saturated carbocycles. The minimum Gasteiger partial charge on any atom is -0.481 e. The van der Waals surface area contributed by atoms with E-state index in [-0.39, 0.29) is 11.9 Å². The minimum absolute atomic E-state index is 0.0923. The van der Waals surface area contributed by atoms with E-state index >= 15 is 0 Å². The molecule has 6 nitrogen and oxygen atoms in total. The molecule has 1 aliphatic carbocycles. The number of aromatic nitrogens is 3. The average Bonchev–Trinajstić information content (AvgIpc) is 2.98. The smallest absolute Gasteiger partial charge is 0.253 e. The van der Waals surface area contributed by atoms with Gasteiger partial charge in [0.25, 0.3) is 5.91 Å². The van der Waals surface area contributed by atoms with Gasteiger partial charge in [-0.25, -0.2) is 4.68 Å². The molecule has 0 saturated heterocycles. The zero-order chi connectivity index (χ0) is 18.7. The van der Waals surface area contributed by atoms with Crippen molar-refractivity contribution in [2.45, 2.75) is 52.1 Å². The Labute approximate surface area is 158 Å². The molecule has 0 bridgehead atoms. The first-order valence-corrected chi connectivity index (χ1v) is 9.35. The minimum atomic E-state index is -0.0923. The first kappa shape index (κ1) is 18.7. The molecular weight excluding hydrogens is 352 g/mol. The second-order valence-corrected chi connectivity index (χ2v) is 7.42. The van der Waals surface area contributed by atoms with Gasteiger partial charge in [0.1, 0.15) is 0 Å². The monoisotopic (exact) mass is 376 g/mol. The maximum absolute atomic E-state index is 12.5. The van der Waals surface area contributed by atoms with Crippen molar-refractivity contribution < 1.29 is 9.53 Å². The summed E-state index contributed by atoms with van der Waals surface area (Å²) in [5.74, 6) is 1.26. The fourth-order valence-electron chi connectivity index (χ4n) is 3.55. The Morgan fingerprint density at radius 2 is 2.04 bits per heavy atom. The maximum atomic E-state index is 12.5. The molecule has 1 aliphatic rings. The highest BCUT2D eigenvalue weighted by atomic mass is 35.5. The van der Waals surface area contributed by atoms with Crippen LogP contribution in [0, 0.1) is 19.8 Å². The number of carbonyl (C=O) groups is 1. The van der Waals surface area contributed by atoms with Crippen LogP contribution in [0.4, 0.5) is 0 Å². The van der Waals surface area contributed by atoms with Crippen LogP contribution in [-0.4, -0.2) is 33.8 Å². The van der Waals surface area contributed by atoms with E-state index in [1.165, 1.54) is 0 Å². The van der Waals surface area contributed by atoms with Crippen LogP contribution in [0.25, 0.3) is 0 Å². The Morgan fingerprint density at radius 1 is 1.31 bits per heavy atom. The lowest BCUT2D eigenvalue weighted by molar-refractivity contribution is 0.0918. The number of carbonyl (C=O) groups excluding carboxylic acids is 1. The van der Waals surface area contributed by atoms with E-state index < -0.39 is 0 Å². The van der Waals surface area contributed by atoms with Crippen LogP contribution < -0.4 is 10.1 Å². The fourth-order valence-corrected chi connectivity index (χ4v) is 3.71. The first-order valence-electron chi connectivity index (χ1n) is 8.97. The molecule has 3 rings (SSSR count). The van der Waals surface area contributed by atoms with E-state index in [4.69, 9.17) is 16.3 Å². The van der Waals surface area contributed by atoms with Gasteiger partial charge < -0.3 is 10.1 Å². The lowest BCUT2D eigenvalue weighted by atomic mass is 9.86. The van der Waals surface area contributed by atoms with Crippen molar-refractivity contribution >= 4 is 17.5 Å². The Hall–Kier alpha value is -2.08. The van der Waals surface area contributed by atoms with Gasteiger partial charge in [-0.3, -0.25) is 9.78 Å². The summed E-state index contributed by atoms with van der Waals surface area (Å²) in [6, 6.07) is 3.82. The van der Waals surface area contributed by atoms with Crippen LogP contribution in [0.3, 0.4) is 0 Å². The van der Waals surface area contributed by atoms with Crippen molar-refractivity contribution in [2.75, 3.05) is 7.11 Å². The highest BCUT2D eigenvalue weighted by Gasteiger charge is 2.24. The van der Waals surface area contributed by atoms with E-state index in [1.54, 1.807) is 19.4 Å². The van der Waals surface area contributed by atoms with E-state index in [2.05, 4.69) is 15.4 Å². The molecule has 0 unspecified atom stereocenters. The summed E-state index contributed by atoms with van der Waals surface area (Å²) in [5, 5.41) is 8.11. The highest BCUT2D eigenvalue weighted by Crippen LogP contribution is 2.27. The molecule has 2 aromatic rings. The van der Waals surface area contributed by atoms with Crippen LogP contribution in [0.5, 0.6) is 5.88 Å². The summed E-state index contributed by atoms with van der Waals surface area (Å²) >= 11 is 5.97. The average molecular weight is 377 g/mol. The summed E-state index contributed by atoms with van der Waals surface area (Å²) < 4.78 is 7.32. The topological polar surface area (TPSA) is 69.0 Å². The fraction of sp³-hybridized carbons (Fsp3) is 0.526. The number of nitrogens with one attached hydrogen (secondary N) is 1. The van der Waals surface area contributed by atoms with Gasteiger partial charge in [0.15, 0.2) is 0 Å². The number of pyridine rings is 1. The Kier molecular flexibility index (Phi) is 5.81. The number of amides is 1. The second kappa shape index (κ2) is 8.08. The van der Waals surface area contributed by atoms with Crippen LogP contribution in [0.2, 0.25) is 5.02 Å². The first-order chi connectivity index (χ1) is 12.5. The third-order valence-electron chi connectivity index (χ3n) is 4.99. The Balaban J connectivity index is 1.53. The summed E-state index contributed by atoms with van der Waals surface area (Å²) in [6.45, 7) is 4.65. The quantitative estimate of drug-likeness (QED) is 0.866. The van der Waals surface area contributed by atoms with Gasteiger partial charge in [-0.1, -0.05) is 11.6 Å². The molecule has 7 heteroatoms. The number of halogens is 1.